The summed E-state index contributed by atoms with van der Waals surface area (Å²) in [5.41, 5.74) is -0.951. The average Bonchev–Trinajstić information content (AvgIpc) is 2.67. The second-order valence-corrected chi connectivity index (χ2v) is 7.03. The first-order valence-corrected chi connectivity index (χ1v) is 9.42. The first-order chi connectivity index (χ1) is 15.1. The smallest absolute Gasteiger partial charge is 0.439 e. The first-order valence-electron chi connectivity index (χ1n) is 8.67. The Hall–Kier alpha value is -2.28. The largest absolute Gasteiger partial charge is 0.490 e. The van der Waals surface area contributed by atoms with Crippen molar-refractivity contribution in [3.8, 4) is 17.4 Å². The van der Waals surface area contributed by atoms with Crippen molar-refractivity contribution in [3.63, 3.8) is 0 Å². The van der Waals surface area contributed by atoms with E-state index in [0.717, 1.165) is 12.1 Å². The molecule has 0 aliphatic heterocycles. The Kier molecular flexibility index (Phi) is 8.44. The van der Waals surface area contributed by atoms with Crippen LogP contribution in [0.2, 0.25) is 10.0 Å². The second kappa shape index (κ2) is 10.3. The van der Waals surface area contributed by atoms with Gasteiger partial charge in [0, 0.05) is 30.8 Å². The van der Waals surface area contributed by atoms with E-state index >= 15 is 0 Å². The van der Waals surface area contributed by atoms with Crippen molar-refractivity contribution in [3.05, 3.63) is 46.1 Å². The number of halogens is 11. The highest BCUT2D eigenvalue weighted by atomic mass is 35.5. The van der Waals surface area contributed by atoms with Crippen molar-refractivity contribution < 1.29 is 53.7 Å². The Labute approximate surface area is 190 Å². The van der Waals surface area contributed by atoms with Crippen LogP contribution in [0.15, 0.2) is 30.5 Å². The molecule has 15 heteroatoms. The van der Waals surface area contributed by atoms with Crippen molar-refractivity contribution >= 4 is 23.2 Å². The van der Waals surface area contributed by atoms with Gasteiger partial charge in [0.25, 0.3) is 6.17 Å². The summed E-state index contributed by atoms with van der Waals surface area (Å²) < 4.78 is 128. The molecule has 0 amide bonds. The zero-order chi connectivity index (χ0) is 25.0. The van der Waals surface area contributed by atoms with Crippen LogP contribution in [0.5, 0.6) is 17.4 Å². The van der Waals surface area contributed by atoms with E-state index < -0.39 is 46.0 Å². The third-order valence-corrected chi connectivity index (χ3v) is 4.22. The Morgan fingerprint density at radius 3 is 1.94 bits per heavy atom. The number of hydrogen-bond acceptors (Lipinski definition) is 4. The molecule has 2 rings (SSSR count). The van der Waals surface area contributed by atoms with Crippen LogP contribution in [0.3, 0.4) is 0 Å². The van der Waals surface area contributed by atoms with Crippen molar-refractivity contribution in [1.29, 1.82) is 0 Å². The molecule has 0 aliphatic carbocycles. The number of benzene rings is 1. The fourth-order valence-electron chi connectivity index (χ4n) is 2.18. The second-order valence-electron chi connectivity index (χ2n) is 6.22. The quantitative estimate of drug-likeness (QED) is 0.255. The summed E-state index contributed by atoms with van der Waals surface area (Å²) in [7, 11) is 0. The van der Waals surface area contributed by atoms with Gasteiger partial charge in [0.15, 0.2) is 5.75 Å². The van der Waals surface area contributed by atoms with Crippen LogP contribution in [0.1, 0.15) is 12.0 Å². The molecule has 184 valence electrons. The van der Waals surface area contributed by atoms with Crippen LogP contribution >= 0.6 is 23.2 Å². The summed E-state index contributed by atoms with van der Waals surface area (Å²) in [4.78, 5) is 3.50. The SMILES string of the molecule is FC(C(F)(F)F)C(F)(F)Oc1cc(Cl)c(OCCCOc2ccc(C(F)(F)F)cn2)c(Cl)c1. The molecule has 2 aromatic rings. The summed E-state index contributed by atoms with van der Waals surface area (Å²) in [6.07, 6.45) is -19.5. The predicted molar refractivity (Wildman–Crippen MR) is 97.8 cm³/mol. The van der Waals surface area contributed by atoms with E-state index in [1.165, 1.54) is 0 Å². The third kappa shape index (κ3) is 7.63. The van der Waals surface area contributed by atoms with E-state index in [0.29, 0.717) is 18.3 Å². The molecule has 0 fully saturated rings. The lowest BCUT2D eigenvalue weighted by Gasteiger charge is -2.23. The molecule has 1 heterocycles. The fraction of sp³-hybridized carbons (Fsp3) is 0.389. The Morgan fingerprint density at radius 2 is 1.45 bits per heavy atom. The molecular weight excluding hydrogens is 520 g/mol. The molecule has 1 aromatic carbocycles. The van der Waals surface area contributed by atoms with Gasteiger partial charge < -0.3 is 14.2 Å². The fourth-order valence-corrected chi connectivity index (χ4v) is 2.75. The topological polar surface area (TPSA) is 40.6 Å². The number of alkyl halides is 9. The molecule has 1 unspecified atom stereocenters. The van der Waals surface area contributed by atoms with Crippen LogP contribution in [0.25, 0.3) is 0 Å². The van der Waals surface area contributed by atoms with Crippen LogP contribution in [0, 0.1) is 0 Å². The van der Waals surface area contributed by atoms with E-state index in [-0.39, 0.29) is 31.3 Å². The lowest BCUT2D eigenvalue weighted by Crippen LogP contribution is -2.45. The highest BCUT2D eigenvalue weighted by Gasteiger charge is 2.59. The van der Waals surface area contributed by atoms with Gasteiger partial charge >= 0.3 is 18.5 Å². The van der Waals surface area contributed by atoms with Gasteiger partial charge in [-0.15, -0.1) is 0 Å². The van der Waals surface area contributed by atoms with Crippen molar-refractivity contribution in [2.45, 2.75) is 31.1 Å². The molecule has 4 nitrogen and oxygen atoms in total. The van der Waals surface area contributed by atoms with Crippen LogP contribution in [0.4, 0.5) is 39.5 Å². The summed E-state index contributed by atoms with van der Waals surface area (Å²) in [5, 5.41) is -0.831. The third-order valence-electron chi connectivity index (χ3n) is 3.66. The molecule has 33 heavy (non-hydrogen) atoms. The van der Waals surface area contributed by atoms with E-state index in [1.807, 2.05) is 0 Å². The van der Waals surface area contributed by atoms with Gasteiger partial charge in [0.1, 0.15) is 5.75 Å². The molecule has 0 saturated carbocycles. The Bertz CT molecular complexity index is 914. The van der Waals surface area contributed by atoms with E-state index in [9.17, 15) is 39.5 Å². The monoisotopic (exact) mass is 531 g/mol. The Balaban J connectivity index is 1.89. The van der Waals surface area contributed by atoms with Gasteiger partial charge in [-0.3, -0.25) is 0 Å². The van der Waals surface area contributed by atoms with Crippen LogP contribution < -0.4 is 14.2 Å². The average molecular weight is 532 g/mol. The minimum absolute atomic E-state index is 0.0453. The number of aromatic nitrogens is 1. The minimum Gasteiger partial charge on any atom is -0.490 e. The van der Waals surface area contributed by atoms with Crippen LogP contribution in [-0.4, -0.2) is 36.7 Å². The maximum Gasteiger partial charge on any atom is 0.439 e. The molecule has 0 bridgehead atoms. The number of rotatable bonds is 9. The molecule has 1 aromatic heterocycles. The standard InChI is InChI=1S/C18H12Cl2F9NO3/c19-11-6-10(33-18(28,29)15(21)17(25,26)27)7-12(20)14(11)32-5-1-4-31-13-3-2-9(8-30-13)16(22,23)24/h2-3,6-8,15H,1,4-5H2. The van der Waals surface area contributed by atoms with E-state index in [2.05, 4.69) is 9.72 Å². The molecule has 0 N–H and O–H groups in total. The molecule has 0 radical (unpaired) electrons. The van der Waals surface area contributed by atoms with Gasteiger partial charge in [0.05, 0.1) is 28.8 Å². The lowest BCUT2D eigenvalue weighted by molar-refractivity contribution is -0.304. The first kappa shape index (κ1) is 27.0. The number of hydrogen-bond donors (Lipinski definition) is 0. The Morgan fingerprint density at radius 1 is 0.879 bits per heavy atom. The van der Waals surface area contributed by atoms with Gasteiger partial charge in [-0.2, -0.15) is 35.1 Å². The minimum atomic E-state index is -5.86. The summed E-state index contributed by atoms with van der Waals surface area (Å²) in [6, 6.07) is 3.11. The van der Waals surface area contributed by atoms with Crippen molar-refractivity contribution in [2.24, 2.45) is 0 Å². The number of pyridine rings is 1. The van der Waals surface area contributed by atoms with E-state index in [4.69, 9.17) is 32.7 Å². The summed E-state index contributed by atoms with van der Waals surface area (Å²) in [6.45, 7) is -0.159. The normalized spacial score (nSPS) is 13.5. The molecule has 0 aliphatic rings. The highest BCUT2D eigenvalue weighted by Crippen LogP contribution is 2.41. The maximum atomic E-state index is 13.4. The van der Waals surface area contributed by atoms with E-state index in [1.54, 1.807) is 0 Å². The molecule has 1 atom stereocenters. The maximum absolute atomic E-state index is 13.4. The molecule has 0 spiro atoms. The summed E-state index contributed by atoms with van der Waals surface area (Å²) in [5.74, 6) is -1.24. The lowest BCUT2D eigenvalue weighted by atomic mass is 10.3. The van der Waals surface area contributed by atoms with Gasteiger partial charge in [-0.1, -0.05) is 23.2 Å². The van der Waals surface area contributed by atoms with Crippen molar-refractivity contribution in [2.75, 3.05) is 13.2 Å². The number of ether oxygens (including phenoxy) is 3. The molecule has 0 saturated heterocycles. The van der Waals surface area contributed by atoms with Gasteiger partial charge in [-0.25, -0.2) is 9.37 Å². The van der Waals surface area contributed by atoms with Gasteiger partial charge in [-0.05, 0) is 6.07 Å². The van der Waals surface area contributed by atoms with Crippen LogP contribution in [-0.2, 0) is 6.18 Å². The number of nitrogens with zero attached hydrogens (tertiary/aromatic N) is 1. The highest BCUT2D eigenvalue weighted by molar-refractivity contribution is 6.37. The van der Waals surface area contributed by atoms with Crippen molar-refractivity contribution in [1.82, 2.24) is 4.98 Å². The zero-order valence-corrected chi connectivity index (χ0v) is 17.4. The zero-order valence-electron chi connectivity index (χ0n) is 15.9. The molecular formula is C18H12Cl2F9NO3. The van der Waals surface area contributed by atoms with Gasteiger partial charge in [0.2, 0.25) is 5.88 Å². The predicted octanol–water partition coefficient (Wildman–Crippen LogP) is 7.13. The summed E-state index contributed by atoms with van der Waals surface area (Å²) >= 11 is 11.6.